The third kappa shape index (κ3) is 3.80. The Balaban J connectivity index is 1.87. The van der Waals surface area contributed by atoms with E-state index >= 15 is 0 Å². The molecule has 3 rings (SSSR count). The number of benzene rings is 2. The number of aromatic nitrogens is 2. The fourth-order valence-electron chi connectivity index (χ4n) is 2.94. The first kappa shape index (κ1) is 16.6. The lowest BCUT2D eigenvalue weighted by Gasteiger charge is -2.25. The van der Waals surface area contributed by atoms with Gasteiger partial charge in [0.2, 0.25) is 0 Å². The molecule has 4 heteroatoms. The maximum Gasteiger partial charge on any atom is 0.125 e. The molecule has 1 heterocycles. The van der Waals surface area contributed by atoms with Gasteiger partial charge in [-0.2, -0.15) is 0 Å². The molecule has 3 nitrogen and oxygen atoms in total. The molecule has 0 bridgehead atoms. The van der Waals surface area contributed by atoms with Crippen molar-refractivity contribution in [2.24, 2.45) is 5.92 Å². The highest BCUT2D eigenvalue weighted by molar-refractivity contribution is 6.30. The van der Waals surface area contributed by atoms with E-state index in [1.165, 1.54) is 0 Å². The van der Waals surface area contributed by atoms with Crippen LogP contribution in [0.3, 0.4) is 0 Å². The van der Waals surface area contributed by atoms with E-state index in [1.54, 1.807) is 0 Å². The Hall–Kier alpha value is -2.26. The van der Waals surface area contributed by atoms with Gasteiger partial charge in [-0.15, -0.1) is 0 Å². The van der Waals surface area contributed by atoms with Crippen LogP contribution in [-0.4, -0.2) is 9.55 Å². The molecule has 0 saturated heterocycles. The van der Waals surface area contributed by atoms with Crippen molar-refractivity contribution in [2.45, 2.75) is 26.5 Å². The average molecular weight is 341 g/mol. The molecule has 0 saturated carbocycles. The molecule has 0 N–H and O–H groups in total. The zero-order valence-electron chi connectivity index (χ0n) is 13.9. The normalized spacial score (nSPS) is 12.3. The van der Waals surface area contributed by atoms with Crippen molar-refractivity contribution in [3.05, 3.63) is 83.4 Å². The third-order valence-corrected chi connectivity index (χ3v) is 4.23. The van der Waals surface area contributed by atoms with Crippen LogP contribution in [0.5, 0.6) is 5.75 Å². The van der Waals surface area contributed by atoms with Crippen LogP contribution in [0.2, 0.25) is 5.02 Å². The van der Waals surface area contributed by atoms with E-state index in [4.69, 9.17) is 16.3 Å². The highest BCUT2D eigenvalue weighted by atomic mass is 35.5. The molecule has 0 aliphatic carbocycles. The predicted molar refractivity (Wildman–Crippen MR) is 97.4 cm³/mol. The van der Waals surface area contributed by atoms with E-state index in [9.17, 15) is 0 Å². The Morgan fingerprint density at radius 1 is 1.12 bits per heavy atom. The Morgan fingerprint density at radius 3 is 2.67 bits per heavy atom. The second-order valence-electron chi connectivity index (χ2n) is 6.16. The summed E-state index contributed by atoms with van der Waals surface area (Å²) in [5.74, 6) is 1.31. The Bertz CT molecular complexity index is 784. The Labute approximate surface area is 147 Å². The van der Waals surface area contributed by atoms with Gasteiger partial charge in [-0.1, -0.05) is 55.8 Å². The molecular formula is C20H21ClN2O. The van der Waals surface area contributed by atoms with Gasteiger partial charge in [0.05, 0.1) is 12.4 Å². The Kier molecular flexibility index (Phi) is 5.21. The van der Waals surface area contributed by atoms with E-state index in [1.807, 2.05) is 61.2 Å². The van der Waals surface area contributed by atoms with Gasteiger partial charge < -0.3 is 9.30 Å². The van der Waals surface area contributed by atoms with Crippen molar-refractivity contribution in [3.63, 3.8) is 0 Å². The lowest BCUT2D eigenvalue weighted by Crippen LogP contribution is -2.16. The van der Waals surface area contributed by atoms with Gasteiger partial charge in [-0.05, 0) is 29.7 Å². The number of hydrogen-bond acceptors (Lipinski definition) is 2. The van der Waals surface area contributed by atoms with Crippen molar-refractivity contribution >= 4 is 11.6 Å². The van der Waals surface area contributed by atoms with Crippen molar-refractivity contribution in [2.75, 3.05) is 0 Å². The number of hydrogen-bond donors (Lipinski definition) is 0. The summed E-state index contributed by atoms with van der Waals surface area (Å²) in [4.78, 5) is 4.19. The minimum Gasteiger partial charge on any atom is -0.489 e. The molecule has 0 aliphatic rings. The molecule has 3 aromatic rings. The predicted octanol–water partition coefficient (Wildman–Crippen LogP) is 5.36. The third-order valence-electron chi connectivity index (χ3n) is 4.00. The lowest BCUT2D eigenvalue weighted by molar-refractivity contribution is 0.294. The van der Waals surface area contributed by atoms with Crippen molar-refractivity contribution in [1.29, 1.82) is 0 Å². The van der Waals surface area contributed by atoms with Crippen LogP contribution < -0.4 is 4.74 Å². The summed E-state index contributed by atoms with van der Waals surface area (Å²) in [6.45, 7) is 4.91. The second-order valence-corrected chi connectivity index (χ2v) is 6.59. The molecule has 1 unspecified atom stereocenters. The van der Waals surface area contributed by atoms with Gasteiger partial charge in [-0.3, -0.25) is 0 Å². The number of ether oxygens (including phenoxy) is 1. The summed E-state index contributed by atoms with van der Waals surface area (Å²) in [5.41, 5.74) is 2.22. The van der Waals surface area contributed by atoms with Crippen molar-refractivity contribution in [3.8, 4) is 5.75 Å². The molecule has 0 spiro atoms. The van der Waals surface area contributed by atoms with Crippen LogP contribution in [0.25, 0.3) is 0 Å². The van der Waals surface area contributed by atoms with Gasteiger partial charge >= 0.3 is 0 Å². The molecule has 0 fully saturated rings. The average Bonchev–Trinajstić information content (AvgIpc) is 3.08. The first-order valence-electron chi connectivity index (χ1n) is 8.09. The highest BCUT2D eigenvalue weighted by Gasteiger charge is 2.21. The van der Waals surface area contributed by atoms with Gasteiger partial charge in [0.1, 0.15) is 12.4 Å². The minimum atomic E-state index is 0.183. The first-order valence-corrected chi connectivity index (χ1v) is 8.46. The van der Waals surface area contributed by atoms with Crippen LogP contribution in [0.4, 0.5) is 0 Å². The summed E-state index contributed by atoms with van der Waals surface area (Å²) >= 11 is 6.05. The van der Waals surface area contributed by atoms with Crippen LogP contribution in [0.15, 0.2) is 67.3 Å². The van der Waals surface area contributed by atoms with Gasteiger partial charge in [-0.25, -0.2) is 4.98 Å². The first-order chi connectivity index (χ1) is 11.6. The fourth-order valence-corrected chi connectivity index (χ4v) is 3.16. The molecule has 1 aromatic heterocycles. The van der Waals surface area contributed by atoms with Crippen molar-refractivity contribution < 1.29 is 4.74 Å². The topological polar surface area (TPSA) is 27.1 Å². The smallest absolute Gasteiger partial charge is 0.125 e. The molecular weight excluding hydrogens is 320 g/mol. The van der Waals surface area contributed by atoms with Crippen LogP contribution in [0.1, 0.15) is 31.0 Å². The molecule has 24 heavy (non-hydrogen) atoms. The quantitative estimate of drug-likeness (QED) is 0.604. The number of imidazole rings is 1. The standard InChI is InChI=1S/C20H21ClN2O/c1-15(2)20(23-11-10-22-14-23)18-8-3-4-9-19(18)24-13-16-6-5-7-17(21)12-16/h3-12,14-15,20H,13H2,1-2H3. The maximum atomic E-state index is 6.11. The SMILES string of the molecule is CC(C)C(c1ccccc1OCc1cccc(Cl)c1)n1ccnc1. The summed E-state index contributed by atoms with van der Waals surface area (Å²) in [6.07, 6.45) is 5.67. The number of nitrogens with zero attached hydrogens (tertiary/aromatic N) is 2. The zero-order valence-corrected chi connectivity index (χ0v) is 14.6. The largest absolute Gasteiger partial charge is 0.489 e. The Morgan fingerprint density at radius 2 is 1.96 bits per heavy atom. The van der Waals surface area contributed by atoms with Crippen LogP contribution >= 0.6 is 11.6 Å². The molecule has 124 valence electrons. The van der Waals surface area contributed by atoms with E-state index in [2.05, 4.69) is 29.5 Å². The summed E-state index contributed by atoms with van der Waals surface area (Å²) < 4.78 is 8.25. The zero-order chi connectivity index (χ0) is 16.9. The maximum absolute atomic E-state index is 6.11. The van der Waals surface area contributed by atoms with E-state index in [-0.39, 0.29) is 6.04 Å². The van der Waals surface area contributed by atoms with E-state index in [0.717, 1.165) is 21.9 Å². The van der Waals surface area contributed by atoms with Gasteiger partial charge in [0.25, 0.3) is 0 Å². The van der Waals surface area contributed by atoms with E-state index < -0.39 is 0 Å². The van der Waals surface area contributed by atoms with Crippen LogP contribution in [0, 0.1) is 5.92 Å². The fraction of sp³-hybridized carbons (Fsp3) is 0.250. The molecule has 0 radical (unpaired) electrons. The second kappa shape index (κ2) is 7.54. The van der Waals surface area contributed by atoms with Gasteiger partial charge in [0.15, 0.2) is 0 Å². The molecule has 2 aromatic carbocycles. The molecule has 0 amide bonds. The van der Waals surface area contributed by atoms with E-state index in [0.29, 0.717) is 12.5 Å². The number of halogens is 1. The monoisotopic (exact) mass is 340 g/mol. The highest BCUT2D eigenvalue weighted by Crippen LogP contribution is 2.33. The van der Waals surface area contributed by atoms with Gasteiger partial charge in [0, 0.05) is 23.0 Å². The minimum absolute atomic E-state index is 0.183. The summed E-state index contributed by atoms with van der Waals surface area (Å²) in [6, 6.07) is 16.1. The summed E-state index contributed by atoms with van der Waals surface area (Å²) in [7, 11) is 0. The number of rotatable bonds is 6. The molecule has 1 atom stereocenters. The summed E-state index contributed by atoms with van der Waals surface area (Å²) in [5, 5.41) is 0.725. The van der Waals surface area contributed by atoms with Crippen LogP contribution in [-0.2, 0) is 6.61 Å². The number of para-hydroxylation sites is 1. The van der Waals surface area contributed by atoms with Crippen molar-refractivity contribution in [1.82, 2.24) is 9.55 Å². The lowest BCUT2D eigenvalue weighted by atomic mass is 9.95. The molecule has 0 aliphatic heterocycles.